The largest absolute Gasteiger partial charge is 0.571 e. The maximum Gasteiger partial charge on any atom is 0.305 e. The molecule has 54 heavy (non-hydrogen) atoms. The fourth-order valence-electron chi connectivity index (χ4n) is 6.55. The lowest BCUT2D eigenvalue weighted by molar-refractivity contribution is -0.391. The van der Waals surface area contributed by atoms with Gasteiger partial charge in [-0.2, -0.15) is 0 Å². The second-order valence-electron chi connectivity index (χ2n) is 13.1. The van der Waals surface area contributed by atoms with E-state index >= 15 is 0 Å². The second kappa shape index (κ2) is 16.2. The fourth-order valence-corrected chi connectivity index (χ4v) is 6.55. The van der Waals surface area contributed by atoms with Gasteiger partial charge in [-0.15, -0.1) is 0 Å². The van der Waals surface area contributed by atoms with Crippen molar-refractivity contribution in [2.24, 2.45) is 0 Å². The van der Waals surface area contributed by atoms with Gasteiger partial charge in [0.05, 0.1) is 37.0 Å². The standard InChI is InChI=1S/C33H42O21/c34-7-18-21(41)24(44)27(47)31(50-18)53-30-26(46)23(43)20(9-36)52-33(30)54-29-25(45)22(42)19(8-35)51-32(29)49-17-6-12-14(39)4-11(37)5-16(12)48-28(17)10-1-2-13(38)15(40)3-10/h1-6,16,18-27,29-47H,7-9H2/p+1. The van der Waals surface area contributed by atoms with Crippen molar-refractivity contribution >= 4 is 5.76 Å². The lowest BCUT2D eigenvalue weighted by Crippen LogP contribution is -2.67. The van der Waals surface area contributed by atoms with E-state index < -0.39 is 135 Å². The Morgan fingerprint density at radius 2 is 1.13 bits per heavy atom. The molecule has 300 valence electrons. The maximum absolute atomic E-state index is 11.3. The van der Waals surface area contributed by atoms with Gasteiger partial charge in [-0.1, -0.05) is 0 Å². The van der Waals surface area contributed by atoms with Gasteiger partial charge in [0.15, 0.2) is 30.2 Å². The molecule has 21 nitrogen and oxygen atoms in total. The molecule has 3 saturated heterocycles. The van der Waals surface area contributed by atoms with Crippen LogP contribution in [-0.4, -0.2) is 194 Å². The first-order chi connectivity index (χ1) is 25.7. The summed E-state index contributed by atoms with van der Waals surface area (Å²) in [7, 11) is 0. The van der Waals surface area contributed by atoms with E-state index in [2.05, 4.69) is 4.74 Å². The molecule has 0 saturated carbocycles. The minimum atomic E-state index is -2.01. The number of hydrogen-bond donors (Lipinski definition) is 14. The van der Waals surface area contributed by atoms with E-state index in [1.165, 1.54) is 18.2 Å². The van der Waals surface area contributed by atoms with E-state index in [1.54, 1.807) is 0 Å². The van der Waals surface area contributed by atoms with Gasteiger partial charge in [-0.3, -0.25) is 0 Å². The predicted octanol–water partition coefficient (Wildman–Crippen LogP) is -5.03. The Morgan fingerprint density at radius 1 is 0.593 bits per heavy atom. The monoisotopic (exact) mass is 775 g/mol. The van der Waals surface area contributed by atoms with Crippen molar-refractivity contribution in [2.75, 3.05) is 19.8 Å². The van der Waals surface area contributed by atoms with Crippen LogP contribution in [-0.2, 0) is 28.4 Å². The maximum atomic E-state index is 11.3. The van der Waals surface area contributed by atoms with Crippen LogP contribution in [0.2, 0.25) is 0 Å². The Hall–Kier alpha value is -3.62. The number of aliphatic hydroxyl groups is 14. The highest BCUT2D eigenvalue weighted by Crippen LogP contribution is 2.40. The van der Waals surface area contributed by atoms with Gasteiger partial charge in [0, 0.05) is 18.2 Å². The van der Waals surface area contributed by atoms with Crippen molar-refractivity contribution in [1.82, 2.24) is 0 Å². The number of rotatable bonds is 10. The Kier molecular flexibility index (Phi) is 12.0. The van der Waals surface area contributed by atoms with Gasteiger partial charge in [-0.25, -0.2) is 0 Å². The Balaban J connectivity index is 1.36. The minimum Gasteiger partial charge on any atom is -0.571 e. The van der Waals surface area contributed by atoms with Crippen LogP contribution in [0.3, 0.4) is 0 Å². The molecule has 1 aromatic carbocycles. The summed E-state index contributed by atoms with van der Waals surface area (Å²) in [6.07, 6.45) is -24.8. The van der Waals surface area contributed by atoms with Crippen molar-refractivity contribution in [3.05, 3.63) is 64.8 Å². The van der Waals surface area contributed by atoms with Gasteiger partial charge >= 0.3 is 5.76 Å². The highest BCUT2D eigenvalue weighted by molar-refractivity contribution is 5.69. The number of aliphatic hydroxyl groups excluding tert-OH is 12. The molecule has 4 aliphatic heterocycles. The van der Waals surface area contributed by atoms with Crippen LogP contribution in [0.5, 0.6) is 11.5 Å². The van der Waals surface area contributed by atoms with Gasteiger partial charge in [0.25, 0.3) is 0 Å². The third-order valence-corrected chi connectivity index (χ3v) is 9.59. The summed E-state index contributed by atoms with van der Waals surface area (Å²) in [5.74, 6) is -2.05. The van der Waals surface area contributed by atoms with Crippen molar-refractivity contribution in [1.29, 1.82) is 0 Å². The first kappa shape index (κ1) is 40.1. The summed E-state index contributed by atoms with van der Waals surface area (Å²) < 4.78 is 39.2. The average Bonchev–Trinajstić information content (AvgIpc) is 3.14. The van der Waals surface area contributed by atoms with Crippen LogP contribution in [0.4, 0.5) is 0 Å². The molecule has 16 atom stereocenters. The number of benzene rings is 1. The van der Waals surface area contributed by atoms with Gasteiger partial charge < -0.3 is 105 Å². The van der Waals surface area contributed by atoms with Crippen LogP contribution < -0.4 is 0 Å². The number of ether oxygens (including phenoxy) is 7. The molecule has 15 N–H and O–H groups in total. The summed E-state index contributed by atoms with van der Waals surface area (Å²) in [6.45, 7) is -2.59. The van der Waals surface area contributed by atoms with Crippen molar-refractivity contribution in [3.8, 4) is 11.5 Å². The average molecular weight is 776 g/mol. The fraction of sp³-hybridized carbons (Fsp3) is 0.576. The number of aromatic hydroxyl groups is 2. The number of allylic oxidation sites excluding steroid dienone is 2. The number of phenolic OH excluding ortho intramolecular Hbond substituents is 2. The number of hydrogen-bond acceptors (Lipinski definition) is 20. The topological polar surface area (TPSA) is 351 Å². The molecule has 5 aliphatic rings. The zero-order chi connectivity index (χ0) is 39.2. The van der Waals surface area contributed by atoms with Crippen LogP contribution in [0.1, 0.15) is 5.56 Å². The second-order valence-corrected chi connectivity index (χ2v) is 13.1. The molecule has 4 heterocycles. The van der Waals surface area contributed by atoms with E-state index in [-0.39, 0.29) is 28.4 Å². The Bertz CT molecular complexity index is 1630. The zero-order valence-corrected chi connectivity index (χ0v) is 28.0. The molecule has 16 unspecified atom stereocenters. The third-order valence-electron chi connectivity index (χ3n) is 9.59. The molecule has 3 fully saturated rings. The van der Waals surface area contributed by atoms with Gasteiger partial charge in [0.1, 0.15) is 78.7 Å². The van der Waals surface area contributed by atoms with Crippen molar-refractivity contribution < 1.29 is 105 Å². The smallest absolute Gasteiger partial charge is 0.305 e. The molecule has 0 radical (unpaired) electrons. The SMILES string of the molecule is OCC1OC(OC2C(OC3C(OC4=C(c5ccc(O)c(O)c5)[OH+]C5C=C(O)C=C(O)C5=C4)OC(CO)C(O)C3O)OC(CO)C(O)C2O)C(O)C(O)C1O. The summed E-state index contributed by atoms with van der Waals surface area (Å²) in [5, 5.41) is 146. The third kappa shape index (κ3) is 7.62. The molecular weight excluding hydrogens is 732 g/mol. The highest BCUT2D eigenvalue weighted by Gasteiger charge is 2.55. The summed E-state index contributed by atoms with van der Waals surface area (Å²) in [5.41, 5.74) is 0.241. The quantitative estimate of drug-likeness (QED) is 0.0781. The molecule has 0 amide bonds. The zero-order valence-electron chi connectivity index (χ0n) is 28.0. The van der Waals surface area contributed by atoms with E-state index in [0.29, 0.717) is 0 Å². The molecule has 21 heteroatoms. The number of phenols is 2. The summed E-state index contributed by atoms with van der Waals surface area (Å²) in [4.78, 5) is 0. The Labute approximate surface area is 304 Å². The Morgan fingerprint density at radius 3 is 1.72 bits per heavy atom. The van der Waals surface area contributed by atoms with E-state index in [9.17, 15) is 71.5 Å². The number of fused-ring (bicyclic) bond motifs is 1. The highest BCUT2D eigenvalue weighted by atomic mass is 16.8. The molecule has 1 aliphatic carbocycles. The van der Waals surface area contributed by atoms with Crippen LogP contribution in [0, 0.1) is 0 Å². The molecular formula is C33H43O21+. The molecule has 0 spiro atoms. The van der Waals surface area contributed by atoms with E-state index in [0.717, 1.165) is 18.2 Å². The van der Waals surface area contributed by atoms with E-state index in [4.69, 9.17) is 28.4 Å². The van der Waals surface area contributed by atoms with Crippen molar-refractivity contribution in [2.45, 2.75) is 98.2 Å². The molecule has 6 rings (SSSR count). The molecule has 0 bridgehead atoms. The van der Waals surface area contributed by atoms with Crippen LogP contribution in [0.25, 0.3) is 5.76 Å². The lowest BCUT2D eigenvalue weighted by Gasteiger charge is -2.48. The van der Waals surface area contributed by atoms with Crippen LogP contribution >= 0.6 is 0 Å². The van der Waals surface area contributed by atoms with Crippen molar-refractivity contribution in [3.63, 3.8) is 0 Å². The summed E-state index contributed by atoms with van der Waals surface area (Å²) in [6, 6.07) is 3.62. The minimum absolute atomic E-state index is 0.0575. The van der Waals surface area contributed by atoms with E-state index in [1.807, 2.05) is 0 Å². The first-order valence-electron chi connectivity index (χ1n) is 16.7. The van der Waals surface area contributed by atoms with Gasteiger partial charge in [-0.05, 0) is 12.1 Å². The summed E-state index contributed by atoms with van der Waals surface area (Å²) >= 11 is 0. The predicted molar refractivity (Wildman–Crippen MR) is 172 cm³/mol. The van der Waals surface area contributed by atoms with Crippen LogP contribution in [0.15, 0.2) is 59.3 Å². The molecule has 0 aromatic heterocycles. The lowest BCUT2D eigenvalue weighted by atomic mass is 9.96. The first-order valence-corrected chi connectivity index (χ1v) is 16.7. The van der Waals surface area contributed by atoms with Gasteiger partial charge in [0.2, 0.25) is 18.2 Å². The normalized spacial score (nSPS) is 41.3. The molecule has 1 aromatic rings.